The molecule has 2 heterocycles. The van der Waals surface area contributed by atoms with Crippen LogP contribution in [0.15, 0.2) is 12.4 Å². The van der Waals surface area contributed by atoms with Crippen molar-refractivity contribution >= 4 is 17.5 Å². The molecule has 0 aromatic carbocycles. The Bertz CT molecular complexity index is 656. The van der Waals surface area contributed by atoms with Crippen LogP contribution in [0.25, 0.3) is 0 Å². The van der Waals surface area contributed by atoms with E-state index in [1.54, 1.807) is 0 Å². The van der Waals surface area contributed by atoms with Gasteiger partial charge in [0.1, 0.15) is 24.6 Å². The number of Topliss-reactive ketones (excluding diaryl/α,β-unsaturated/α-hetero) is 2. The molecule has 0 bridgehead atoms. The molecule has 1 aliphatic heterocycles. The molecule has 2 rings (SSSR count). The molecule has 1 aromatic heterocycles. The second-order valence-corrected chi connectivity index (χ2v) is 5.21. The zero-order chi connectivity index (χ0) is 17.5. The third kappa shape index (κ3) is 2.53. The first-order valence-corrected chi connectivity index (χ1v) is 6.58. The van der Waals surface area contributed by atoms with Crippen LogP contribution in [0.4, 0.5) is 5.95 Å². The van der Waals surface area contributed by atoms with Gasteiger partial charge in [-0.15, -0.1) is 0 Å². The Labute approximate surface area is 129 Å². The lowest BCUT2D eigenvalue weighted by molar-refractivity contribution is -0.399. The average Bonchev–Trinajstić information content (AvgIpc) is 3.03. The molecule has 0 aliphatic carbocycles. The van der Waals surface area contributed by atoms with Crippen LogP contribution in [0.3, 0.4) is 0 Å². The maximum atomic E-state index is 11.9. The van der Waals surface area contributed by atoms with Crippen LogP contribution < -0.4 is 0 Å². The Kier molecular flexibility index (Phi) is 4.30. The van der Waals surface area contributed by atoms with Crippen molar-refractivity contribution in [1.29, 1.82) is 0 Å². The molecule has 1 aromatic rings. The third-order valence-electron chi connectivity index (χ3n) is 3.71. The lowest BCUT2D eigenvalue weighted by atomic mass is 9.88. The second-order valence-electron chi connectivity index (χ2n) is 5.21. The van der Waals surface area contributed by atoms with Gasteiger partial charge < -0.3 is 30.2 Å². The molecular formula is C12H15N3O8. The number of aromatic nitrogens is 2. The van der Waals surface area contributed by atoms with Crippen LogP contribution >= 0.6 is 0 Å². The predicted molar refractivity (Wildman–Crippen MR) is 71.1 cm³/mol. The van der Waals surface area contributed by atoms with Crippen LogP contribution in [0, 0.1) is 10.1 Å². The highest BCUT2D eigenvalue weighted by Crippen LogP contribution is 2.41. The Hall–Kier alpha value is -2.21. The Morgan fingerprint density at radius 3 is 2.65 bits per heavy atom. The highest BCUT2D eigenvalue weighted by atomic mass is 16.6. The average molecular weight is 329 g/mol. The van der Waals surface area contributed by atoms with Crippen molar-refractivity contribution in [1.82, 2.24) is 9.55 Å². The standard InChI is InChI=1S/C12H15N3O8/c1-5(16)7(18)8-9(19)12(20,6(2)17)10(23-8)14-4-3-13-11(14)15(21)22/h3-5,8-10,16,19-20H,1-2H3/t5?,8-,9-,10-,12-/m1/s1. The van der Waals surface area contributed by atoms with E-state index in [1.165, 1.54) is 0 Å². The molecular weight excluding hydrogens is 314 g/mol. The quantitative estimate of drug-likeness (QED) is 0.422. The summed E-state index contributed by atoms with van der Waals surface area (Å²) in [4.78, 5) is 37.3. The Morgan fingerprint density at radius 2 is 2.17 bits per heavy atom. The molecule has 11 nitrogen and oxygen atoms in total. The van der Waals surface area contributed by atoms with Crippen molar-refractivity contribution in [3.63, 3.8) is 0 Å². The molecule has 11 heteroatoms. The molecule has 126 valence electrons. The Morgan fingerprint density at radius 1 is 1.57 bits per heavy atom. The number of carbonyl (C=O) groups is 2. The van der Waals surface area contributed by atoms with Crippen molar-refractivity contribution < 1.29 is 34.6 Å². The molecule has 23 heavy (non-hydrogen) atoms. The topological polar surface area (TPSA) is 165 Å². The van der Waals surface area contributed by atoms with E-state index in [1.807, 2.05) is 0 Å². The third-order valence-corrected chi connectivity index (χ3v) is 3.71. The van der Waals surface area contributed by atoms with Crippen molar-refractivity contribution in [2.24, 2.45) is 0 Å². The number of aliphatic hydroxyl groups excluding tert-OH is 2. The molecule has 1 fully saturated rings. The van der Waals surface area contributed by atoms with E-state index in [0.29, 0.717) is 0 Å². The van der Waals surface area contributed by atoms with Crippen LogP contribution in [0.5, 0.6) is 0 Å². The fourth-order valence-electron chi connectivity index (χ4n) is 2.44. The summed E-state index contributed by atoms with van der Waals surface area (Å²) in [5, 5.41) is 41.0. The number of ketones is 2. The fourth-order valence-corrected chi connectivity index (χ4v) is 2.44. The van der Waals surface area contributed by atoms with E-state index >= 15 is 0 Å². The van der Waals surface area contributed by atoms with Crippen LogP contribution in [-0.2, 0) is 14.3 Å². The summed E-state index contributed by atoms with van der Waals surface area (Å²) >= 11 is 0. The molecule has 0 saturated carbocycles. The van der Waals surface area contributed by atoms with E-state index in [-0.39, 0.29) is 0 Å². The molecule has 0 amide bonds. The summed E-state index contributed by atoms with van der Waals surface area (Å²) in [5.74, 6) is -2.67. The number of carbonyl (C=O) groups excluding carboxylic acids is 2. The van der Waals surface area contributed by atoms with Crippen LogP contribution in [-0.4, -0.2) is 65.3 Å². The first-order chi connectivity index (χ1) is 10.6. The Balaban J connectivity index is 2.53. The number of rotatable bonds is 5. The normalized spacial score (nSPS) is 31.8. The zero-order valence-corrected chi connectivity index (χ0v) is 12.2. The van der Waals surface area contributed by atoms with Crippen molar-refractivity contribution in [2.45, 2.75) is 44.0 Å². The molecule has 1 saturated heterocycles. The number of hydrogen-bond donors (Lipinski definition) is 3. The monoisotopic (exact) mass is 329 g/mol. The van der Waals surface area contributed by atoms with Gasteiger partial charge in [0.05, 0.1) is 0 Å². The van der Waals surface area contributed by atoms with Crippen molar-refractivity contribution in [3.8, 4) is 0 Å². The van der Waals surface area contributed by atoms with Gasteiger partial charge in [-0.2, -0.15) is 4.57 Å². The lowest BCUT2D eigenvalue weighted by Crippen LogP contribution is -2.53. The SMILES string of the molecule is CC(=O)[C@@]1(O)[C@H](O)[C@@H](C(=O)C(C)O)O[C@H]1n1ccnc1[N+](=O)[O-]. The molecule has 3 N–H and O–H groups in total. The molecule has 0 radical (unpaired) electrons. The van der Waals surface area contributed by atoms with E-state index in [0.717, 1.165) is 30.8 Å². The van der Waals surface area contributed by atoms with Gasteiger partial charge in [0.2, 0.25) is 11.8 Å². The maximum Gasteiger partial charge on any atom is 0.436 e. The van der Waals surface area contributed by atoms with Gasteiger partial charge in [-0.3, -0.25) is 9.59 Å². The number of ether oxygens (including phenoxy) is 1. The molecule has 1 aliphatic rings. The van der Waals surface area contributed by atoms with E-state index in [2.05, 4.69) is 4.98 Å². The summed E-state index contributed by atoms with van der Waals surface area (Å²) in [6.45, 7) is 2.07. The predicted octanol–water partition coefficient (Wildman–Crippen LogP) is -1.68. The molecule has 5 atom stereocenters. The number of imidazole rings is 1. The number of nitro groups is 1. The van der Waals surface area contributed by atoms with Gasteiger partial charge in [0.15, 0.2) is 17.7 Å². The smallest absolute Gasteiger partial charge is 0.390 e. The lowest BCUT2D eigenvalue weighted by Gasteiger charge is -2.26. The number of nitrogens with zero attached hydrogens (tertiary/aromatic N) is 3. The first kappa shape index (κ1) is 17.1. The minimum Gasteiger partial charge on any atom is -0.390 e. The van der Waals surface area contributed by atoms with Gasteiger partial charge in [-0.05, 0) is 18.8 Å². The van der Waals surface area contributed by atoms with Gasteiger partial charge in [-0.25, -0.2) is 0 Å². The summed E-state index contributed by atoms with van der Waals surface area (Å²) in [5.41, 5.74) is -2.61. The van der Waals surface area contributed by atoms with Gasteiger partial charge in [0.25, 0.3) is 0 Å². The zero-order valence-electron chi connectivity index (χ0n) is 12.2. The minimum absolute atomic E-state index is 0.736. The summed E-state index contributed by atoms with van der Waals surface area (Å²) in [7, 11) is 0. The van der Waals surface area contributed by atoms with E-state index in [4.69, 9.17) is 4.74 Å². The number of hydrogen-bond acceptors (Lipinski definition) is 9. The maximum absolute atomic E-state index is 11.9. The fraction of sp³-hybridized carbons (Fsp3) is 0.583. The van der Waals surface area contributed by atoms with Gasteiger partial charge in [0, 0.05) is 0 Å². The summed E-state index contributed by atoms with van der Waals surface area (Å²) in [6.07, 6.45) is -4.89. The number of aliphatic hydroxyl groups is 3. The van der Waals surface area contributed by atoms with Gasteiger partial charge >= 0.3 is 5.95 Å². The molecule has 1 unspecified atom stereocenters. The highest BCUT2D eigenvalue weighted by Gasteiger charge is 2.63. The second kappa shape index (κ2) is 5.77. The van der Waals surface area contributed by atoms with Crippen molar-refractivity contribution in [3.05, 3.63) is 22.5 Å². The van der Waals surface area contributed by atoms with Crippen LogP contribution in [0.1, 0.15) is 20.1 Å². The molecule has 0 spiro atoms. The minimum atomic E-state index is -2.61. The van der Waals surface area contributed by atoms with E-state index in [9.17, 15) is 35.0 Å². The van der Waals surface area contributed by atoms with E-state index < -0.39 is 52.6 Å². The largest absolute Gasteiger partial charge is 0.436 e. The summed E-state index contributed by atoms with van der Waals surface area (Å²) < 4.78 is 5.93. The van der Waals surface area contributed by atoms with Crippen molar-refractivity contribution in [2.75, 3.05) is 0 Å². The highest BCUT2D eigenvalue weighted by molar-refractivity contribution is 5.92. The van der Waals surface area contributed by atoms with Crippen LogP contribution in [0.2, 0.25) is 0 Å². The van der Waals surface area contributed by atoms with Gasteiger partial charge in [-0.1, -0.05) is 4.98 Å². The first-order valence-electron chi connectivity index (χ1n) is 6.58. The summed E-state index contributed by atoms with van der Waals surface area (Å²) in [6, 6.07) is 0.